The van der Waals surface area contributed by atoms with Crippen molar-refractivity contribution in [3.63, 3.8) is 0 Å². The maximum atomic E-state index is 13.7. The molecule has 40 heavy (non-hydrogen) atoms. The van der Waals surface area contributed by atoms with Gasteiger partial charge in [0.2, 0.25) is 11.8 Å². The van der Waals surface area contributed by atoms with Gasteiger partial charge in [-0.05, 0) is 47.5 Å². The molecule has 0 aliphatic carbocycles. The van der Waals surface area contributed by atoms with Crippen LogP contribution >= 0.6 is 23.5 Å². The fourth-order valence-corrected chi connectivity index (χ4v) is 6.26. The normalized spacial score (nSPS) is 12.2. The van der Waals surface area contributed by atoms with Crippen LogP contribution in [0.25, 0.3) is 0 Å². The van der Waals surface area contributed by atoms with E-state index in [4.69, 9.17) is 0 Å². The number of amides is 2. The Balaban J connectivity index is 1.38. The summed E-state index contributed by atoms with van der Waals surface area (Å²) in [6, 6.07) is 46.5. The van der Waals surface area contributed by atoms with Gasteiger partial charge >= 0.3 is 0 Å². The van der Waals surface area contributed by atoms with Gasteiger partial charge in [-0.2, -0.15) is 0 Å². The third-order valence-corrected chi connectivity index (χ3v) is 8.65. The maximum Gasteiger partial charge on any atom is 0.242 e. The molecule has 5 aromatic rings. The van der Waals surface area contributed by atoms with Crippen LogP contribution in [-0.4, -0.2) is 11.8 Å². The highest BCUT2D eigenvalue weighted by Crippen LogP contribution is 2.38. The summed E-state index contributed by atoms with van der Waals surface area (Å²) in [7, 11) is 0. The van der Waals surface area contributed by atoms with Crippen LogP contribution in [0.15, 0.2) is 155 Å². The average Bonchev–Trinajstić information content (AvgIpc) is 3.01. The van der Waals surface area contributed by atoms with Crippen molar-refractivity contribution in [1.29, 1.82) is 0 Å². The van der Waals surface area contributed by atoms with E-state index in [0.717, 1.165) is 20.9 Å². The number of nitrogens with one attached hydrogen (secondary N) is 2. The molecule has 4 nitrogen and oxygen atoms in total. The molecular formula is C34H28N2O2S2. The van der Waals surface area contributed by atoms with E-state index < -0.39 is 10.5 Å². The summed E-state index contributed by atoms with van der Waals surface area (Å²) in [5.41, 5.74) is 2.90. The highest BCUT2D eigenvalue weighted by molar-refractivity contribution is 8.00. The number of benzene rings is 5. The summed E-state index contributed by atoms with van der Waals surface area (Å²) in [6.45, 7) is 0. The van der Waals surface area contributed by atoms with E-state index in [0.29, 0.717) is 11.4 Å². The first-order chi connectivity index (χ1) is 19.7. The standard InChI is InChI=1S/C34H28N2O2S2/c37-33(31(25-15-5-1-6-16-25)39-27-19-9-3-10-20-27)35-29-23-13-14-24-30(29)36-34(38)32(26-17-7-2-8-18-26)40-28-21-11-4-12-22-28/h1-24,31-32H,(H,35,37)(H,36,38). The lowest BCUT2D eigenvalue weighted by molar-refractivity contribution is -0.116. The molecule has 0 saturated heterocycles. The number of thioether (sulfide) groups is 2. The highest BCUT2D eigenvalue weighted by atomic mass is 32.2. The summed E-state index contributed by atoms with van der Waals surface area (Å²) in [5, 5.41) is 5.22. The highest BCUT2D eigenvalue weighted by Gasteiger charge is 2.25. The predicted octanol–water partition coefficient (Wildman–Crippen LogP) is 8.63. The van der Waals surface area contributed by atoms with Crippen molar-refractivity contribution in [2.45, 2.75) is 20.3 Å². The lowest BCUT2D eigenvalue weighted by Gasteiger charge is -2.20. The van der Waals surface area contributed by atoms with Gasteiger partial charge in [0.05, 0.1) is 11.4 Å². The minimum atomic E-state index is -0.474. The van der Waals surface area contributed by atoms with Crippen LogP contribution in [0.1, 0.15) is 21.6 Å². The first-order valence-electron chi connectivity index (χ1n) is 12.9. The van der Waals surface area contributed by atoms with Gasteiger partial charge in [-0.3, -0.25) is 9.59 Å². The summed E-state index contributed by atoms with van der Waals surface area (Å²) in [5.74, 6) is -0.333. The molecule has 2 amide bonds. The Morgan fingerprint density at radius 1 is 0.425 bits per heavy atom. The minimum absolute atomic E-state index is 0.167. The first-order valence-corrected chi connectivity index (χ1v) is 14.7. The van der Waals surface area contributed by atoms with Crippen LogP contribution in [0.4, 0.5) is 11.4 Å². The van der Waals surface area contributed by atoms with E-state index >= 15 is 0 Å². The lowest BCUT2D eigenvalue weighted by Crippen LogP contribution is -2.22. The minimum Gasteiger partial charge on any atom is -0.323 e. The third kappa shape index (κ3) is 7.23. The quantitative estimate of drug-likeness (QED) is 0.168. The molecule has 5 aromatic carbocycles. The van der Waals surface area contributed by atoms with Crippen molar-refractivity contribution >= 4 is 46.7 Å². The summed E-state index contributed by atoms with van der Waals surface area (Å²) in [4.78, 5) is 29.4. The molecule has 0 aliphatic rings. The van der Waals surface area contributed by atoms with E-state index in [9.17, 15) is 9.59 Å². The van der Waals surface area contributed by atoms with Gasteiger partial charge in [0.15, 0.2) is 0 Å². The molecule has 0 radical (unpaired) electrons. The van der Waals surface area contributed by atoms with Crippen LogP contribution in [0.3, 0.4) is 0 Å². The second-order valence-corrected chi connectivity index (χ2v) is 11.3. The molecule has 0 saturated carbocycles. The number of hydrogen-bond acceptors (Lipinski definition) is 4. The molecule has 198 valence electrons. The van der Waals surface area contributed by atoms with E-state index in [2.05, 4.69) is 10.6 Å². The van der Waals surface area contributed by atoms with Crippen molar-refractivity contribution in [3.05, 3.63) is 157 Å². The molecule has 2 atom stereocenters. The molecule has 0 aromatic heterocycles. The van der Waals surface area contributed by atoms with Crippen molar-refractivity contribution in [2.75, 3.05) is 10.6 Å². The van der Waals surface area contributed by atoms with Crippen LogP contribution in [0, 0.1) is 0 Å². The summed E-state index contributed by atoms with van der Waals surface area (Å²) >= 11 is 2.98. The van der Waals surface area contributed by atoms with Crippen molar-refractivity contribution < 1.29 is 9.59 Å². The molecular weight excluding hydrogens is 533 g/mol. The Morgan fingerprint density at radius 3 is 1.07 bits per heavy atom. The zero-order chi connectivity index (χ0) is 27.6. The molecule has 2 N–H and O–H groups in total. The fraction of sp³-hybridized carbons (Fsp3) is 0.0588. The lowest BCUT2D eigenvalue weighted by atomic mass is 10.1. The fourth-order valence-electron chi connectivity index (χ4n) is 4.17. The van der Waals surface area contributed by atoms with Gasteiger partial charge in [0.25, 0.3) is 0 Å². The molecule has 5 rings (SSSR count). The van der Waals surface area contributed by atoms with Gasteiger partial charge in [0.1, 0.15) is 10.5 Å². The zero-order valence-electron chi connectivity index (χ0n) is 21.6. The van der Waals surface area contributed by atoms with E-state index in [-0.39, 0.29) is 11.8 Å². The van der Waals surface area contributed by atoms with Gasteiger partial charge in [-0.25, -0.2) is 0 Å². The number of carbonyl (C=O) groups is 2. The van der Waals surface area contributed by atoms with E-state index in [1.165, 1.54) is 23.5 Å². The van der Waals surface area contributed by atoms with Gasteiger partial charge in [0, 0.05) is 9.79 Å². The Hall–Kier alpha value is -4.26. The third-order valence-electron chi connectivity index (χ3n) is 6.12. The van der Waals surface area contributed by atoms with Crippen LogP contribution in [-0.2, 0) is 9.59 Å². The monoisotopic (exact) mass is 560 g/mol. The van der Waals surface area contributed by atoms with Crippen LogP contribution in [0.5, 0.6) is 0 Å². The summed E-state index contributed by atoms with van der Waals surface area (Å²) in [6.07, 6.45) is 0. The molecule has 0 spiro atoms. The molecule has 0 bridgehead atoms. The molecule has 0 fully saturated rings. The number of para-hydroxylation sites is 2. The maximum absolute atomic E-state index is 13.7. The number of anilines is 2. The summed E-state index contributed by atoms with van der Waals surface area (Å²) < 4.78 is 0. The molecule has 2 unspecified atom stereocenters. The first kappa shape index (κ1) is 27.3. The zero-order valence-corrected chi connectivity index (χ0v) is 23.3. The second kappa shape index (κ2) is 13.7. The van der Waals surface area contributed by atoms with Gasteiger partial charge < -0.3 is 10.6 Å². The number of rotatable bonds is 10. The molecule has 0 heterocycles. The van der Waals surface area contributed by atoms with Crippen molar-refractivity contribution in [1.82, 2.24) is 0 Å². The largest absolute Gasteiger partial charge is 0.323 e. The van der Waals surface area contributed by atoms with Gasteiger partial charge in [-0.15, -0.1) is 23.5 Å². The van der Waals surface area contributed by atoms with E-state index in [1.807, 2.05) is 146 Å². The van der Waals surface area contributed by atoms with Crippen molar-refractivity contribution in [3.8, 4) is 0 Å². The smallest absolute Gasteiger partial charge is 0.242 e. The Morgan fingerprint density at radius 2 is 0.725 bits per heavy atom. The van der Waals surface area contributed by atoms with E-state index in [1.54, 1.807) is 0 Å². The predicted molar refractivity (Wildman–Crippen MR) is 167 cm³/mol. The Kier molecular flexibility index (Phi) is 9.35. The number of hydrogen-bond donors (Lipinski definition) is 2. The topological polar surface area (TPSA) is 58.2 Å². The molecule has 6 heteroatoms. The number of carbonyl (C=O) groups excluding carboxylic acids is 2. The average molecular weight is 561 g/mol. The van der Waals surface area contributed by atoms with Crippen LogP contribution < -0.4 is 10.6 Å². The molecule has 0 aliphatic heterocycles. The Bertz CT molecular complexity index is 1410. The van der Waals surface area contributed by atoms with Crippen LogP contribution in [0.2, 0.25) is 0 Å². The SMILES string of the molecule is O=C(Nc1ccccc1NC(=O)C(Sc1ccccc1)c1ccccc1)C(Sc1ccccc1)c1ccccc1. The Labute approximate surface area is 243 Å². The second-order valence-electron chi connectivity index (χ2n) is 8.97. The van der Waals surface area contributed by atoms with Crippen molar-refractivity contribution in [2.24, 2.45) is 0 Å². The van der Waals surface area contributed by atoms with Gasteiger partial charge in [-0.1, -0.05) is 109 Å².